The van der Waals surface area contributed by atoms with E-state index in [-0.39, 0.29) is 36.5 Å². The zero-order valence-corrected chi connectivity index (χ0v) is 19.1. The molecule has 2 aliphatic heterocycles. The molecule has 6 nitrogen and oxygen atoms in total. The van der Waals surface area contributed by atoms with Gasteiger partial charge in [-0.05, 0) is 34.4 Å². The molecule has 2 saturated heterocycles. The van der Waals surface area contributed by atoms with Crippen LogP contribution in [0.3, 0.4) is 0 Å². The van der Waals surface area contributed by atoms with E-state index in [4.69, 9.17) is 4.74 Å². The molecule has 3 atom stereocenters. The van der Waals surface area contributed by atoms with E-state index in [1.54, 1.807) is 12.1 Å². The van der Waals surface area contributed by atoms with Gasteiger partial charge < -0.3 is 14.7 Å². The number of esters is 1. The summed E-state index contributed by atoms with van der Waals surface area (Å²) in [5, 5.41) is 10.1. The number of fused-ring (bicyclic) bond motifs is 1. The second-order valence-corrected chi connectivity index (χ2v) is 8.99. The van der Waals surface area contributed by atoms with Gasteiger partial charge in [-0.1, -0.05) is 66.7 Å². The van der Waals surface area contributed by atoms with E-state index in [2.05, 4.69) is 41.3 Å². The van der Waals surface area contributed by atoms with Crippen LogP contribution in [0.25, 0.3) is 11.1 Å². The van der Waals surface area contributed by atoms with Crippen molar-refractivity contribution in [1.82, 2.24) is 9.80 Å². The van der Waals surface area contributed by atoms with E-state index in [9.17, 15) is 14.7 Å². The summed E-state index contributed by atoms with van der Waals surface area (Å²) in [4.78, 5) is 28.6. The van der Waals surface area contributed by atoms with Crippen LogP contribution in [0, 0.1) is 0 Å². The monoisotopic (exact) mass is 456 g/mol. The largest absolute Gasteiger partial charge is 0.465 e. The van der Waals surface area contributed by atoms with Crippen LogP contribution < -0.4 is 0 Å². The van der Waals surface area contributed by atoms with Crippen molar-refractivity contribution in [3.05, 3.63) is 95.6 Å². The van der Waals surface area contributed by atoms with E-state index < -0.39 is 0 Å². The summed E-state index contributed by atoms with van der Waals surface area (Å²) in [5.41, 5.74) is 5.02. The lowest BCUT2D eigenvalue weighted by Gasteiger charge is -2.59. The molecule has 0 aromatic heterocycles. The maximum atomic E-state index is 12.9. The third kappa shape index (κ3) is 4.11. The van der Waals surface area contributed by atoms with Gasteiger partial charge in [0, 0.05) is 19.0 Å². The van der Waals surface area contributed by atoms with Crippen LogP contribution >= 0.6 is 0 Å². The van der Waals surface area contributed by atoms with Gasteiger partial charge in [0.2, 0.25) is 5.91 Å². The highest BCUT2D eigenvalue weighted by Gasteiger charge is 2.53. The van der Waals surface area contributed by atoms with Crippen LogP contribution in [0.1, 0.15) is 27.4 Å². The number of rotatable bonds is 6. The summed E-state index contributed by atoms with van der Waals surface area (Å²) >= 11 is 0. The van der Waals surface area contributed by atoms with Crippen molar-refractivity contribution in [1.29, 1.82) is 0 Å². The molecule has 2 heterocycles. The summed E-state index contributed by atoms with van der Waals surface area (Å²) in [6, 6.07) is 25.9. The average Bonchev–Trinajstić information content (AvgIpc) is 2.86. The Balaban J connectivity index is 1.31. The number of aliphatic hydroxyl groups is 1. The van der Waals surface area contributed by atoms with Crippen molar-refractivity contribution in [2.45, 2.75) is 24.5 Å². The highest BCUT2D eigenvalue weighted by atomic mass is 16.5. The zero-order chi connectivity index (χ0) is 23.7. The first-order chi connectivity index (χ1) is 16.6. The number of hydrogen-bond donors (Lipinski definition) is 1. The van der Waals surface area contributed by atoms with E-state index in [0.29, 0.717) is 18.7 Å². The minimum Gasteiger partial charge on any atom is -0.465 e. The molecule has 6 heteroatoms. The lowest BCUT2D eigenvalue weighted by molar-refractivity contribution is -0.162. The molecule has 1 amide bonds. The summed E-state index contributed by atoms with van der Waals surface area (Å²) in [5.74, 6) is -0.206. The maximum Gasteiger partial charge on any atom is 0.337 e. The van der Waals surface area contributed by atoms with Gasteiger partial charge in [0.05, 0.1) is 37.9 Å². The van der Waals surface area contributed by atoms with Crippen LogP contribution in [-0.2, 0) is 16.1 Å². The molecular weight excluding hydrogens is 428 g/mol. The molecule has 1 N–H and O–H groups in total. The van der Waals surface area contributed by atoms with Crippen molar-refractivity contribution in [2.24, 2.45) is 0 Å². The lowest BCUT2D eigenvalue weighted by atomic mass is 9.73. The Labute approximate surface area is 199 Å². The third-order valence-corrected chi connectivity index (χ3v) is 7.01. The number of nitrogens with zero attached hydrogens (tertiary/aromatic N) is 2. The fourth-order valence-corrected chi connectivity index (χ4v) is 5.34. The van der Waals surface area contributed by atoms with Gasteiger partial charge in [0.25, 0.3) is 0 Å². The number of carbonyl (C=O) groups is 2. The fraction of sp³-hybridized carbons (Fsp3) is 0.286. The van der Waals surface area contributed by atoms with Gasteiger partial charge in [-0.15, -0.1) is 0 Å². The molecule has 34 heavy (non-hydrogen) atoms. The topological polar surface area (TPSA) is 70.1 Å². The van der Waals surface area contributed by atoms with E-state index >= 15 is 0 Å². The van der Waals surface area contributed by atoms with Gasteiger partial charge in [0.15, 0.2) is 0 Å². The average molecular weight is 457 g/mol. The maximum absolute atomic E-state index is 12.9. The van der Waals surface area contributed by atoms with Gasteiger partial charge >= 0.3 is 5.97 Å². The fourth-order valence-electron chi connectivity index (χ4n) is 5.34. The van der Waals surface area contributed by atoms with E-state index in [0.717, 1.165) is 23.2 Å². The van der Waals surface area contributed by atoms with Crippen LogP contribution in [0.4, 0.5) is 0 Å². The van der Waals surface area contributed by atoms with Gasteiger partial charge in [-0.25, -0.2) is 4.79 Å². The number of carbonyl (C=O) groups excluding carboxylic acids is 2. The minimum atomic E-state index is -0.360. The van der Waals surface area contributed by atoms with Crippen LogP contribution in [0.5, 0.6) is 0 Å². The van der Waals surface area contributed by atoms with Crippen LogP contribution in [-0.4, -0.2) is 65.7 Å². The molecule has 0 saturated carbocycles. The Hall–Kier alpha value is -3.48. The number of ether oxygens (including phenoxy) is 1. The highest BCUT2D eigenvalue weighted by Crippen LogP contribution is 2.43. The summed E-state index contributed by atoms with van der Waals surface area (Å²) in [6.45, 7) is 1.65. The molecule has 174 valence electrons. The molecule has 2 fully saturated rings. The Morgan fingerprint density at radius 2 is 1.65 bits per heavy atom. The molecule has 5 rings (SSSR count). The molecule has 3 aromatic carbocycles. The van der Waals surface area contributed by atoms with Crippen molar-refractivity contribution >= 4 is 11.9 Å². The predicted octanol–water partition coefficient (Wildman–Crippen LogP) is 3.31. The first-order valence-corrected chi connectivity index (χ1v) is 11.6. The Bertz CT molecular complexity index is 1160. The van der Waals surface area contributed by atoms with Crippen molar-refractivity contribution < 1.29 is 19.4 Å². The number of benzene rings is 3. The number of piperazine rings is 1. The number of methoxy groups -OCH3 is 1. The standard InChI is InChI=1S/C28H28N2O4/c1-34-28(33)23-9-7-19(8-10-23)15-29-16-24-27(25(18-31)30(24)26(32)17-29)22-13-11-21(12-14-22)20-5-3-2-4-6-20/h2-14,24-25,27,31H,15-18H2,1H3/t24-,25-,27+/m1/s1. The van der Waals surface area contributed by atoms with Crippen LogP contribution in [0.15, 0.2) is 78.9 Å². The normalized spacial score (nSPS) is 22.1. The molecule has 0 unspecified atom stereocenters. The summed E-state index contributed by atoms with van der Waals surface area (Å²) < 4.78 is 4.76. The molecular formula is C28H28N2O4. The number of aliphatic hydroxyl groups excluding tert-OH is 1. The Kier molecular flexibility index (Phi) is 6.18. The molecule has 3 aromatic rings. The van der Waals surface area contributed by atoms with Gasteiger partial charge in [0.1, 0.15) is 0 Å². The third-order valence-electron chi connectivity index (χ3n) is 7.01. The van der Waals surface area contributed by atoms with Crippen molar-refractivity contribution in [3.8, 4) is 11.1 Å². The number of amides is 1. The van der Waals surface area contributed by atoms with Crippen molar-refractivity contribution in [3.63, 3.8) is 0 Å². The van der Waals surface area contributed by atoms with E-state index in [1.165, 1.54) is 12.7 Å². The zero-order valence-electron chi connectivity index (χ0n) is 19.1. The van der Waals surface area contributed by atoms with Gasteiger partial charge in [-0.2, -0.15) is 0 Å². The second kappa shape index (κ2) is 9.41. The second-order valence-electron chi connectivity index (χ2n) is 8.99. The molecule has 0 spiro atoms. The Morgan fingerprint density at radius 3 is 2.29 bits per heavy atom. The molecule has 2 aliphatic rings. The lowest BCUT2D eigenvalue weighted by Crippen LogP contribution is -2.72. The van der Waals surface area contributed by atoms with Crippen LogP contribution in [0.2, 0.25) is 0 Å². The smallest absolute Gasteiger partial charge is 0.337 e. The molecule has 0 aliphatic carbocycles. The number of hydrogen-bond acceptors (Lipinski definition) is 5. The Morgan fingerprint density at radius 1 is 0.971 bits per heavy atom. The summed E-state index contributed by atoms with van der Waals surface area (Å²) in [6.07, 6.45) is 0. The molecule has 0 radical (unpaired) electrons. The first kappa shape index (κ1) is 22.3. The molecule has 0 bridgehead atoms. The van der Waals surface area contributed by atoms with Crippen molar-refractivity contribution in [2.75, 3.05) is 26.8 Å². The predicted molar refractivity (Wildman–Crippen MR) is 129 cm³/mol. The quantitative estimate of drug-likeness (QED) is 0.577. The first-order valence-electron chi connectivity index (χ1n) is 11.6. The van der Waals surface area contributed by atoms with Gasteiger partial charge in [-0.3, -0.25) is 9.69 Å². The highest BCUT2D eigenvalue weighted by molar-refractivity contribution is 5.89. The SMILES string of the molecule is COC(=O)c1ccc(CN2CC(=O)N3[C@H](CO)[C@@H](c4ccc(-c5ccccc5)cc4)[C@H]3C2)cc1. The minimum absolute atomic E-state index is 0.0373. The summed E-state index contributed by atoms with van der Waals surface area (Å²) in [7, 11) is 1.37. The van der Waals surface area contributed by atoms with E-state index in [1.807, 2.05) is 35.2 Å².